The Bertz CT molecular complexity index is 414. The van der Waals surface area contributed by atoms with Gasteiger partial charge in [0.1, 0.15) is 18.3 Å². The van der Waals surface area contributed by atoms with Crippen molar-refractivity contribution in [3.63, 3.8) is 0 Å². The lowest BCUT2D eigenvalue weighted by Crippen LogP contribution is -2.34. The van der Waals surface area contributed by atoms with Gasteiger partial charge >= 0.3 is 0 Å². The molecule has 3 aliphatic rings. The standard InChI is InChI=1S/C15H24O5/c1-6-7-9-11(10-8-16-14(2,3)18-10)17-13-12(9)19-15(4,5)20-13/h7,10-13H,6,8H2,1-5H3/b9-7+/t10?,11-,12+,13+/m0/s1. The zero-order chi connectivity index (χ0) is 14.5. The topological polar surface area (TPSA) is 46.2 Å². The largest absolute Gasteiger partial charge is 0.348 e. The van der Waals surface area contributed by atoms with Gasteiger partial charge in [-0.05, 0) is 39.7 Å². The summed E-state index contributed by atoms with van der Waals surface area (Å²) in [6.07, 6.45) is 2.35. The van der Waals surface area contributed by atoms with Crippen LogP contribution in [0.4, 0.5) is 0 Å². The molecule has 3 heterocycles. The quantitative estimate of drug-likeness (QED) is 0.728. The summed E-state index contributed by atoms with van der Waals surface area (Å²) in [5, 5.41) is 0. The van der Waals surface area contributed by atoms with E-state index in [4.69, 9.17) is 23.7 Å². The van der Waals surface area contributed by atoms with E-state index in [2.05, 4.69) is 13.0 Å². The molecule has 0 amide bonds. The van der Waals surface area contributed by atoms with Gasteiger partial charge in [-0.2, -0.15) is 0 Å². The summed E-state index contributed by atoms with van der Waals surface area (Å²) in [6.45, 7) is 10.3. The first-order chi connectivity index (χ1) is 9.31. The molecule has 3 fully saturated rings. The highest BCUT2D eigenvalue weighted by Gasteiger charge is 2.55. The molecule has 0 spiro atoms. The van der Waals surface area contributed by atoms with Crippen LogP contribution in [0.5, 0.6) is 0 Å². The molecule has 5 heteroatoms. The van der Waals surface area contributed by atoms with Crippen LogP contribution in [0.1, 0.15) is 41.0 Å². The molecule has 0 saturated carbocycles. The van der Waals surface area contributed by atoms with Crippen molar-refractivity contribution in [2.45, 2.75) is 77.2 Å². The van der Waals surface area contributed by atoms with Crippen LogP contribution in [0.25, 0.3) is 0 Å². The zero-order valence-electron chi connectivity index (χ0n) is 12.8. The maximum Gasteiger partial charge on any atom is 0.191 e. The second-order valence-corrected chi connectivity index (χ2v) is 6.46. The van der Waals surface area contributed by atoms with Crippen LogP contribution in [0, 0.1) is 0 Å². The fraction of sp³-hybridized carbons (Fsp3) is 0.867. The highest BCUT2D eigenvalue weighted by Crippen LogP contribution is 2.43. The van der Waals surface area contributed by atoms with E-state index in [1.165, 1.54) is 0 Å². The van der Waals surface area contributed by atoms with Gasteiger partial charge in [0.05, 0.1) is 6.61 Å². The summed E-state index contributed by atoms with van der Waals surface area (Å²) in [5.41, 5.74) is 1.12. The zero-order valence-corrected chi connectivity index (χ0v) is 12.8. The van der Waals surface area contributed by atoms with E-state index in [-0.39, 0.29) is 24.6 Å². The van der Waals surface area contributed by atoms with Crippen molar-refractivity contribution in [2.75, 3.05) is 6.61 Å². The Morgan fingerprint density at radius 1 is 1.05 bits per heavy atom. The van der Waals surface area contributed by atoms with Gasteiger partial charge in [-0.15, -0.1) is 0 Å². The number of fused-ring (bicyclic) bond motifs is 1. The monoisotopic (exact) mass is 284 g/mol. The van der Waals surface area contributed by atoms with E-state index in [1.807, 2.05) is 27.7 Å². The van der Waals surface area contributed by atoms with Gasteiger partial charge in [-0.3, -0.25) is 0 Å². The Hall–Kier alpha value is -0.460. The van der Waals surface area contributed by atoms with E-state index in [0.29, 0.717) is 6.61 Å². The summed E-state index contributed by atoms with van der Waals surface area (Å²) < 4.78 is 29.4. The van der Waals surface area contributed by atoms with E-state index < -0.39 is 11.6 Å². The molecule has 0 aromatic heterocycles. The van der Waals surface area contributed by atoms with Crippen molar-refractivity contribution in [3.8, 4) is 0 Å². The molecule has 0 aliphatic carbocycles. The summed E-state index contributed by atoms with van der Waals surface area (Å²) in [7, 11) is 0. The lowest BCUT2D eigenvalue weighted by molar-refractivity contribution is -0.215. The predicted octanol–water partition coefficient (Wildman–Crippen LogP) is 2.35. The van der Waals surface area contributed by atoms with Gasteiger partial charge < -0.3 is 23.7 Å². The summed E-state index contributed by atoms with van der Waals surface area (Å²) in [4.78, 5) is 0. The second-order valence-electron chi connectivity index (χ2n) is 6.46. The molecule has 20 heavy (non-hydrogen) atoms. The SMILES string of the molecule is CC/C=C1/[C@H]2OC(C)(C)O[C@H]2O[C@@H]1C1COC(C)(C)O1. The van der Waals surface area contributed by atoms with Gasteiger partial charge in [-0.1, -0.05) is 13.0 Å². The van der Waals surface area contributed by atoms with Crippen molar-refractivity contribution in [2.24, 2.45) is 0 Å². The van der Waals surface area contributed by atoms with Gasteiger partial charge in [-0.25, -0.2) is 0 Å². The van der Waals surface area contributed by atoms with Crippen LogP contribution in [0.15, 0.2) is 11.6 Å². The number of hydrogen-bond donors (Lipinski definition) is 0. The van der Waals surface area contributed by atoms with Gasteiger partial charge in [0.25, 0.3) is 0 Å². The number of ether oxygens (including phenoxy) is 5. The van der Waals surface area contributed by atoms with Gasteiger partial charge in [0.2, 0.25) is 0 Å². The van der Waals surface area contributed by atoms with Crippen molar-refractivity contribution in [1.82, 2.24) is 0 Å². The Balaban J connectivity index is 1.79. The van der Waals surface area contributed by atoms with Gasteiger partial charge in [0.15, 0.2) is 17.9 Å². The molecular formula is C15H24O5. The lowest BCUT2D eigenvalue weighted by atomic mass is 10.0. The first-order valence-electron chi connectivity index (χ1n) is 7.34. The normalized spacial score (nSPS) is 44.1. The third-order valence-electron chi connectivity index (χ3n) is 3.80. The van der Waals surface area contributed by atoms with Crippen LogP contribution in [-0.4, -0.2) is 42.8 Å². The van der Waals surface area contributed by atoms with Crippen LogP contribution in [0.2, 0.25) is 0 Å². The Morgan fingerprint density at radius 3 is 2.40 bits per heavy atom. The average Bonchev–Trinajstić information content (AvgIpc) is 2.91. The fourth-order valence-corrected chi connectivity index (χ4v) is 3.07. The first kappa shape index (κ1) is 14.5. The fourth-order valence-electron chi connectivity index (χ4n) is 3.07. The van der Waals surface area contributed by atoms with E-state index in [0.717, 1.165) is 12.0 Å². The van der Waals surface area contributed by atoms with Gasteiger partial charge in [0, 0.05) is 0 Å². The second kappa shape index (κ2) is 4.78. The van der Waals surface area contributed by atoms with Crippen molar-refractivity contribution < 1.29 is 23.7 Å². The minimum Gasteiger partial charge on any atom is -0.348 e. The van der Waals surface area contributed by atoms with Crippen LogP contribution in [0.3, 0.4) is 0 Å². The highest BCUT2D eigenvalue weighted by molar-refractivity contribution is 5.23. The van der Waals surface area contributed by atoms with Crippen molar-refractivity contribution >= 4 is 0 Å². The molecule has 5 nitrogen and oxygen atoms in total. The van der Waals surface area contributed by atoms with E-state index in [1.54, 1.807) is 0 Å². The van der Waals surface area contributed by atoms with Crippen LogP contribution < -0.4 is 0 Å². The Kier molecular flexibility index (Phi) is 3.46. The predicted molar refractivity (Wildman–Crippen MR) is 72.0 cm³/mol. The van der Waals surface area contributed by atoms with Crippen molar-refractivity contribution in [1.29, 1.82) is 0 Å². The van der Waals surface area contributed by atoms with Crippen LogP contribution >= 0.6 is 0 Å². The molecule has 0 N–H and O–H groups in total. The number of hydrogen-bond acceptors (Lipinski definition) is 5. The van der Waals surface area contributed by atoms with Crippen LogP contribution in [-0.2, 0) is 23.7 Å². The molecule has 0 aromatic rings. The number of rotatable bonds is 2. The first-order valence-corrected chi connectivity index (χ1v) is 7.34. The Morgan fingerprint density at radius 2 is 1.80 bits per heavy atom. The molecule has 0 bridgehead atoms. The lowest BCUT2D eigenvalue weighted by Gasteiger charge is -2.25. The smallest absolute Gasteiger partial charge is 0.191 e. The summed E-state index contributed by atoms with van der Waals surface area (Å²) in [5.74, 6) is -1.15. The molecule has 114 valence electrons. The minimum atomic E-state index is -0.598. The molecule has 3 saturated heterocycles. The van der Waals surface area contributed by atoms with E-state index in [9.17, 15) is 0 Å². The minimum absolute atomic E-state index is 0.108. The third kappa shape index (κ3) is 2.53. The van der Waals surface area contributed by atoms with E-state index >= 15 is 0 Å². The molecule has 0 aromatic carbocycles. The maximum atomic E-state index is 6.04. The maximum absolute atomic E-state index is 6.04. The highest BCUT2D eigenvalue weighted by atomic mass is 16.8. The summed E-state index contributed by atoms with van der Waals surface area (Å²) in [6, 6.07) is 0. The molecular weight excluding hydrogens is 260 g/mol. The molecule has 0 radical (unpaired) electrons. The molecule has 3 rings (SSSR count). The van der Waals surface area contributed by atoms with Crippen molar-refractivity contribution in [3.05, 3.63) is 11.6 Å². The summed E-state index contributed by atoms with van der Waals surface area (Å²) >= 11 is 0. The number of allylic oxidation sites excluding steroid dienone is 1. The Labute approximate surface area is 120 Å². The molecule has 1 unspecified atom stereocenters. The third-order valence-corrected chi connectivity index (χ3v) is 3.80. The average molecular weight is 284 g/mol. The molecule has 3 aliphatic heterocycles. The molecule has 4 atom stereocenters.